The normalized spacial score (nSPS) is 26.0. The minimum absolute atomic E-state index is 0.119. The maximum atomic E-state index is 5.77. The van der Waals surface area contributed by atoms with Crippen molar-refractivity contribution >= 4 is 11.3 Å². The van der Waals surface area contributed by atoms with Gasteiger partial charge in [-0.05, 0) is 39.2 Å². The summed E-state index contributed by atoms with van der Waals surface area (Å²) in [6.45, 7) is 3.76. The highest BCUT2D eigenvalue weighted by molar-refractivity contribution is 7.11. The van der Waals surface area contributed by atoms with E-state index in [0.717, 1.165) is 43.8 Å². The Morgan fingerprint density at radius 3 is 3.20 bits per heavy atom. The largest absolute Gasteiger partial charge is 0.368 e. The Balaban J connectivity index is 2.05. The molecule has 1 atom stereocenters. The molecule has 0 radical (unpaired) electrons. The Bertz CT molecular complexity index is 318. The highest BCUT2D eigenvalue weighted by atomic mass is 32.1. The second-order valence-electron chi connectivity index (χ2n) is 4.21. The summed E-state index contributed by atoms with van der Waals surface area (Å²) < 4.78 is 5.77. The zero-order valence-corrected chi connectivity index (χ0v) is 9.98. The Morgan fingerprint density at radius 2 is 2.53 bits per heavy atom. The smallest absolute Gasteiger partial charge is 0.125 e. The van der Waals surface area contributed by atoms with Crippen LogP contribution in [0, 0.1) is 0 Å². The van der Waals surface area contributed by atoms with E-state index in [0.29, 0.717) is 0 Å². The predicted octanol–water partition coefficient (Wildman–Crippen LogP) is 2.06. The number of ether oxygens (including phenoxy) is 1. The molecular weight excluding hydrogens is 208 g/mol. The number of rotatable bonds is 4. The van der Waals surface area contributed by atoms with Gasteiger partial charge in [0, 0.05) is 17.7 Å². The Kier molecular flexibility index (Phi) is 3.38. The van der Waals surface area contributed by atoms with Gasteiger partial charge >= 0.3 is 0 Å². The summed E-state index contributed by atoms with van der Waals surface area (Å²) >= 11 is 1.78. The molecule has 1 aliphatic heterocycles. The van der Waals surface area contributed by atoms with Gasteiger partial charge in [0.2, 0.25) is 0 Å². The van der Waals surface area contributed by atoms with Crippen molar-refractivity contribution in [3.63, 3.8) is 0 Å². The highest BCUT2D eigenvalue weighted by Crippen LogP contribution is 2.37. The highest BCUT2D eigenvalue weighted by Gasteiger charge is 2.34. The predicted molar refractivity (Wildman–Crippen MR) is 62.0 cm³/mol. The zero-order valence-electron chi connectivity index (χ0n) is 9.16. The minimum atomic E-state index is -0.119. The van der Waals surface area contributed by atoms with E-state index in [2.05, 4.69) is 11.9 Å². The lowest BCUT2D eigenvalue weighted by atomic mass is 10.0. The van der Waals surface area contributed by atoms with Crippen LogP contribution in [0.4, 0.5) is 0 Å². The summed E-state index contributed by atoms with van der Waals surface area (Å²) in [6.07, 6.45) is 6.30. The average molecular weight is 226 g/mol. The van der Waals surface area contributed by atoms with Gasteiger partial charge in [0.1, 0.15) is 10.6 Å². The molecule has 84 valence electrons. The average Bonchev–Trinajstić information content (AvgIpc) is 2.84. The molecule has 0 amide bonds. The van der Waals surface area contributed by atoms with Gasteiger partial charge < -0.3 is 10.5 Å². The van der Waals surface area contributed by atoms with E-state index < -0.39 is 0 Å². The van der Waals surface area contributed by atoms with E-state index in [9.17, 15) is 0 Å². The van der Waals surface area contributed by atoms with Crippen molar-refractivity contribution in [2.75, 3.05) is 13.2 Å². The summed E-state index contributed by atoms with van der Waals surface area (Å²) in [5, 5.41) is 1.13. The molecule has 0 aliphatic carbocycles. The van der Waals surface area contributed by atoms with Crippen molar-refractivity contribution in [1.29, 1.82) is 0 Å². The molecule has 4 heteroatoms. The van der Waals surface area contributed by atoms with Crippen molar-refractivity contribution in [2.24, 2.45) is 5.73 Å². The van der Waals surface area contributed by atoms with Gasteiger partial charge in [-0.1, -0.05) is 0 Å². The van der Waals surface area contributed by atoms with Crippen LogP contribution in [0.15, 0.2) is 6.20 Å². The first-order chi connectivity index (χ1) is 7.24. The number of thiazole rings is 1. The van der Waals surface area contributed by atoms with Gasteiger partial charge in [-0.2, -0.15) is 0 Å². The Morgan fingerprint density at radius 1 is 1.67 bits per heavy atom. The van der Waals surface area contributed by atoms with Crippen LogP contribution in [0.2, 0.25) is 0 Å². The van der Waals surface area contributed by atoms with E-state index in [1.54, 1.807) is 11.3 Å². The van der Waals surface area contributed by atoms with Gasteiger partial charge in [0.25, 0.3) is 0 Å². The van der Waals surface area contributed by atoms with E-state index in [1.807, 2.05) is 6.20 Å². The third kappa shape index (κ3) is 2.38. The molecular formula is C11H18N2OS. The maximum absolute atomic E-state index is 5.77. The van der Waals surface area contributed by atoms with Gasteiger partial charge in [0.15, 0.2) is 0 Å². The Labute approximate surface area is 94.7 Å². The van der Waals surface area contributed by atoms with E-state index in [-0.39, 0.29) is 5.60 Å². The number of aromatic nitrogens is 1. The number of hydrogen-bond acceptors (Lipinski definition) is 4. The lowest BCUT2D eigenvalue weighted by Gasteiger charge is -2.19. The quantitative estimate of drug-likeness (QED) is 0.855. The molecule has 1 unspecified atom stereocenters. The fraction of sp³-hybridized carbons (Fsp3) is 0.727. The van der Waals surface area contributed by atoms with E-state index in [4.69, 9.17) is 10.5 Å². The number of nitrogens with zero attached hydrogens (tertiary/aromatic N) is 1. The molecule has 15 heavy (non-hydrogen) atoms. The van der Waals surface area contributed by atoms with Crippen LogP contribution >= 0.6 is 11.3 Å². The first-order valence-electron chi connectivity index (χ1n) is 5.54. The van der Waals surface area contributed by atoms with Gasteiger partial charge in [-0.15, -0.1) is 11.3 Å². The molecule has 1 aliphatic rings. The molecule has 1 saturated heterocycles. The first-order valence-corrected chi connectivity index (χ1v) is 6.35. The second-order valence-corrected chi connectivity index (χ2v) is 5.32. The van der Waals surface area contributed by atoms with Gasteiger partial charge in [0.05, 0.1) is 0 Å². The Hall–Kier alpha value is -0.450. The van der Waals surface area contributed by atoms with E-state index >= 15 is 0 Å². The lowest BCUT2D eigenvalue weighted by Crippen LogP contribution is -2.19. The molecule has 0 bridgehead atoms. The molecule has 0 aromatic carbocycles. The molecule has 2 N–H and O–H groups in total. The molecule has 0 spiro atoms. The molecule has 3 nitrogen and oxygen atoms in total. The van der Waals surface area contributed by atoms with Gasteiger partial charge in [-0.25, -0.2) is 4.98 Å². The number of hydrogen-bond donors (Lipinski definition) is 1. The summed E-state index contributed by atoms with van der Waals surface area (Å²) in [6, 6.07) is 0. The maximum Gasteiger partial charge on any atom is 0.125 e. The van der Waals surface area contributed by atoms with Crippen molar-refractivity contribution in [3.8, 4) is 0 Å². The minimum Gasteiger partial charge on any atom is -0.368 e. The molecule has 2 rings (SSSR count). The standard InChI is InChI=1S/C11H18N2OS/c1-11(5-3-7-14-11)10-13-8-9(15-10)4-2-6-12/h8H,2-7,12H2,1H3. The van der Waals surface area contributed by atoms with Crippen LogP contribution in [0.5, 0.6) is 0 Å². The first kappa shape index (κ1) is 11.0. The monoisotopic (exact) mass is 226 g/mol. The molecule has 1 aromatic rings. The number of aryl methyl sites for hydroxylation is 1. The SMILES string of the molecule is CC1(c2ncc(CCCN)s2)CCCO1. The fourth-order valence-corrected chi connectivity index (χ4v) is 2.97. The fourth-order valence-electron chi connectivity index (χ4n) is 1.89. The van der Waals surface area contributed by atoms with Crippen LogP contribution in [0.1, 0.15) is 36.1 Å². The third-order valence-electron chi connectivity index (χ3n) is 2.85. The van der Waals surface area contributed by atoms with Crippen LogP contribution < -0.4 is 5.73 Å². The second kappa shape index (κ2) is 4.60. The zero-order chi connectivity index (χ0) is 10.7. The van der Waals surface area contributed by atoms with Crippen LogP contribution in [-0.2, 0) is 16.8 Å². The van der Waals surface area contributed by atoms with Crippen LogP contribution in [0.3, 0.4) is 0 Å². The van der Waals surface area contributed by atoms with Gasteiger partial charge in [-0.3, -0.25) is 0 Å². The van der Waals surface area contributed by atoms with E-state index in [1.165, 1.54) is 4.88 Å². The summed E-state index contributed by atoms with van der Waals surface area (Å²) in [4.78, 5) is 5.80. The van der Waals surface area contributed by atoms with Crippen LogP contribution in [-0.4, -0.2) is 18.1 Å². The van der Waals surface area contributed by atoms with Crippen molar-refractivity contribution < 1.29 is 4.74 Å². The van der Waals surface area contributed by atoms with Crippen molar-refractivity contribution in [2.45, 2.75) is 38.2 Å². The molecule has 0 saturated carbocycles. The molecule has 1 aromatic heterocycles. The summed E-state index contributed by atoms with van der Waals surface area (Å²) in [5.74, 6) is 0. The molecule has 2 heterocycles. The van der Waals surface area contributed by atoms with Crippen molar-refractivity contribution in [1.82, 2.24) is 4.98 Å². The lowest BCUT2D eigenvalue weighted by molar-refractivity contribution is 0.0166. The number of nitrogens with two attached hydrogens (primary N) is 1. The summed E-state index contributed by atoms with van der Waals surface area (Å²) in [7, 11) is 0. The molecule has 1 fully saturated rings. The summed E-state index contributed by atoms with van der Waals surface area (Å²) in [5.41, 5.74) is 5.37. The topological polar surface area (TPSA) is 48.1 Å². The van der Waals surface area contributed by atoms with Crippen molar-refractivity contribution in [3.05, 3.63) is 16.1 Å². The van der Waals surface area contributed by atoms with Crippen LogP contribution in [0.25, 0.3) is 0 Å². The third-order valence-corrected chi connectivity index (χ3v) is 4.15.